The lowest BCUT2D eigenvalue weighted by atomic mass is 10.1. The molecule has 0 saturated heterocycles. The van der Waals surface area contributed by atoms with Crippen LogP contribution in [0.4, 0.5) is 9.18 Å². The molecule has 0 fully saturated rings. The van der Waals surface area contributed by atoms with Crippen LogP contribution in [0.5, 0.6) is 0 Å². The van der Waals surface area contributed by atoms with Crippen molar-refractivity contribution < 1.29 is 28.0 Å². The number of urea groups is 1. The van der Waals surface area contributed by atoms with Gasteiger partial charge in [0.2, 0.25) is 0 Å². The molecule has 0 radical (unpaired) electrons. The summed E-state index contributed by atoms with van der Waals surface area (Å²) in [5.74, 6) is -2.45. The fourth-order valence-corrected chi connectivity index (χ4v) is 2.50. The summed E-state index contributed by atoms with van der Waals surface area (Å²) in [6, 6.07) is 3.26. The third kappa shape index (κ3) is 5.29. The number of rotatable bonds is 4. The van der Waals surface area contributed by atoms with Crippen LogP contribution in [-0.4, -0.2) is 35.2 Å². The largest absolute Gasteiger partial charge is 0.452 e. The number of benzene rings is 1. The average molecular weight is 412 g/mol. The highest BCUT2D eigenvalue weighted by Gasteiger charge is 2.27. The van der Waals surface area contributed by atoms with E-state index in [1.54, 1.807) is 20.8 Å². The van der Waals surface area contributed by atoms with Crippen LogP contribution in [0.3, 0.4) is 0 Å². The van der Waals surface area contributed by atoms with Gasteiger partial charge in [-0.3, -0.25) is 10.1 Å². The van der Waals surface area contributed by atoms with Crippen molar-refractivity contribution in [1.82, 2.24) is 15.8 Å². The van der Waals surface area contributed by atoms with Crippen LogP contribution < -0.4 is 10.6 Å². The van der Waals surface area contributed by atoms with E-state index in [0.717, 1.165) is 6.07 Å². The molecule has 2 N–H and O–H groups in total. The summed E-state index contributed by atoms with van der Waals surface area (Å²) in [6.07, 6.45) is 0. The van der Waals surface area contributed by atoms with E-state index in [1.807, 2.05) is 5.32 Å². The standard InChI is InChI=1S/C18H19ClFN3O5/c1-9-13(15(23-28-9)14-10(19)6-5-7-11(14)20)16(25)27-8-12(24)21-17(26)22-18(2,3)4/h5-7H,8H2,1-4H3,(H2,21,22,24,26). The molecule has 10 heteroatoms. The molecule has 0 bridgehead atoms. The second-order valence-corrected chi connectivity index (χ2v) is 7.29. The number of carbonyl (C=O) groups excluding carboxylic acids is 3. The zero-order valence-corrected chi connectivity index (χ0v) is 16.4. The fraction of sp³-hybridized carbons (Fsp3) is 0.333. The van der Waals surface area contributed by atoms with Gasteiger partial charge < -0.3 is 14.6 Å². The third-order valence-electron chi connectivity index (χ3n) is 3.34. The topological polar surface area (TPSA) is 111 Å². The molecule has 1 heterocycles. The predicted molar refractivity (Wildman–Crippen MR) is 98.4 cm³/mol. The number of ether oxygens (including phenoxy) is 1. The number of hydrogen-bond donors (Lipinski definition) is 2. The molecule has 2 rings (SSSR count). The minimum atomic E-state index is -0.973. The van der Waals surface area contributed by atoms with Crippen LogP contribution in [0.15, 0.2) is 22.7 Å². The lowest BCUT2D eigenvalue weighted by molar-refractivity contribution is -0.123. The zero-order valence-electron chi connectivity index (χ0n) is 15.7. The number of aryl methyl sites for hydroxylation is 1. The van der Waals surface area contributed by atoms with Crippen molar-refractivity contribution in [2.75, 3.05) is 6.61 Å². The van der Waals surface area contributed by atoms with Crippen LogP contribution in [0.25, 0.3) is 11.3 Å². The summed E-state index contributed by atoms with van der Waals surface area (Å²) in [5.41, 5.74) is -0.980. The van der Waals surface area contributed by atoms with Crippen LogP contribution in [0.2, 0.25) is 5.02 Å². The maximum Gasteiger partial charge on any atom is 0.344 e. The second kappa shape index (κ2) is 8.39. The zero-order chi connectivity index (χ0) is 21.1. The number of esters is 1. The van der Waals surface area contributed by atoms with E-state index in [-0.39, 0.29) is 27.6 Å². The first-order chi connectivity index (χ1) is 13.0. The first-order valence-electron chi connectivity index (χ1n) is 8.19. The molecule has 150 valence electrons. The van der Waals surface area contributed by atoms with Gasteiger partial charge in [-0.15, -0.1) is 0 Å². The van der Waals surface area contributed by atoms with Crippen molar-refractivity contribution in [3.05, 3.63) is 40.4 Å². The Morgan fingerprint density at radius 3 is 2.57 bits per heavy atom. The molecule has 0 aliphatic heterocycles. The Labute approximate surface area is 165 Å². The lowest BCUT2D eigenvalue weighted by Gasteiger charge is -2.20. The van der Waals surface area contributed by atoms with Gasteiger partial charge in [-0.05, 0) is 39.8 Å². The van der Waals surface area contributed by atoms with E-state index < -0.39 is 35.9 Å². The summed E-state index contributed by atoms with van der Waals surface area (Å²) >= 11 is 6.01. The molecule has 0 unspecified atom stereocenters. The van der Waals surface area contributed by atoms with Gasteiger partial charge in [-0.25, -0.2) is 14.0 Å². The summed E-state index contributed by atoms with van der Waals surface area (Å²) < 4.78 is 24.0. The van der Waals surface area contributed by atoms with Gasteiger partial charge in [0.25, 0.3) is 5.91 Å². The number of nitrogens with zero attached hydrogens (tertiary/aromatic N) is 1. The monoisotopic (exact) mass is 411 g/mol. The number of carbonyl (C=O) groups is 3. The van der Waals surface area contributed by atoms with Crippen molar-refractivity contribution in [2.45, 2.75) is 33.2 Å². The number of halogens is 2. The Bertz CT molecular complexity index is 900. The van der Waals surface area contributed by atoms with Gasteiger partial charge in [0.05, 0.1) is 10.6 Å². The van der Waals surface area contributed by atoms with Crippen molar-refractivity contribution >= 4 is 29.5 Å². The third-order valence-corrected chi connectivity index (χ3v) is 3.66. The molecule has 1 aromatic carbocycles. The molecular formula is C18H19ClFN3O5. The Morgan fingerprint density at radius 1 is 1.29 bits per heavy atom. The van der Waals surface area contributed by atoms with E-state index in [4.69, 9.17) is 20.9 Å². The molecule has 8 nitrogen and oxygen atoms in total. The quantitative estimate of drug-likeness (QED) is 0.747. The van der Waals surface area contributed by atoms with E-state index in [0.29, 0.717) is 0 Å². The first-order valence-corrected chi connectivity index (χ1v) is 8.57. The summed E-state index contributed by atoms with van der Waals surface area (Å²) in [5, 5.41) is 8.26. The van der Waals surface area contributed by atoms with Gasteiger partial charge in [0.1, 0.15) is 22.8 Å². The SMILES string of the molecule is Cc1onc(-c2c(F)cccc2Cl)c1C(=O)OCC(=O)NC(=O)NC(C)(C)C. The molecule has 0 atom stereocenters. The number of amides is 3. The number of nitrogens with one attached hydrogen (secondary N) is 2. The van der Waals surface area contributed by atoms with Gasteiger partial charge in [0.15, 0.2) is 6.61 Å². The van der Waals surface area contributed by atoms with Crippen LogP contribution in [0.1, 0.15) is 36.9 Å². The molecule has 1 aromatic heterocycles. The van der Waals surface area contributed by atoms with Gasteiger partial charge >= 0.3 is 12.0 Å². The molecule has 0 spiro atoms. The lowest BCUT2D eigenvalue weighted by Crippen LogP contribution is -2.49. The van der Waals surface area contributed by atoms with Crippen molar-refractivity contribution in [3.8, 4) is 11.3 Å². The molecule has 3 amide bonds. The van der Waals surface area contributed by atoms with Crippen molar-refractivity contribution in [1.29, 1.82) is 0 Å². The van der Waals surface area contributed by atoms with E-state index in [2.05, 4.69) is 10.5 Å². The Kier molecular flexibility index (Phi) is 6.40. The molecule has 0 aliphatic carbocycles. The maximum atomic E-state index is 14.2. The average Bonchev–Trinajstić information content (AvgIpc) is 2.92. The van der Waals surface area contributed by atoms with Gasteiger partial charge in [-0.1, -0.05) is 22.8 Å². The molecule has 0 aliphatic rings. The Hall–Kier alpha value is -2.94. The molecule has 0 saturated carbocycles. The Balaban J connectivity index is 2.11. The van der Waals surface area contributed by atoms with Gasteiger partial charge in [0, 0.05) is 5.54 Å². The second-order valence-electron chi connectivity index (χ2n) is 6.89. The van der Waals surface area contributed by atoms with Crippen LogP contribution >= 0.6 is 11.6 Å². The molecular weight excluding hydrogens is 393 g/mol. The minimum absolute atomic E-state index is 0.0268. The number of imide groups is 1. The fourth-order valence-electron chi connectivity index (χ4n) is 2.25. The summed E-state index contributed by atoms with van der Waals surface area (Å²) in [4.78, 5) is 35.8. The highest BCUT2D eigenvalue weighted by atomic mass is 35.5. The van der Waals surface area contributed by atoms with Crippen molar-refractivity contribution in [2.24, 2.45) is 0 Å². The summed E-state index contributed by atoms with van der Waals surface area (Å²) in [7, 11) is 0. The van der Waals surface area contributed by atoms with Crippen LogP contribution in [-0.2, 0) is 9.53 Å². The van der Waals surface area contributed by atoms with E-state index in [1.165, 1.54) is 19.1 Å². The number of hydrogen-bond acceptors (Lipinski definition) is 6. The van der Waals surface area contributed by atoms with Gasteiger partial charge in [-0.2, -0.15) is 0 Å². The highest BCUT2D eigenvalue weighted by molar-refractivity contribution is 6.33. The number of aromatic nitrogens is 1. The predicted octanol–water partition coefficient (Wildman–Crippen LogP) is 3.22. The molecule has 2 aromatic rings. The van der Waals surface area contributed by atoms with E-state index >= 15 is 0 Å². The summed E-state index contributed by atoms with van der Waals surface area (Å²) in [6.45, 7) is 5.91. The van der Waals surface area contributed by atoms with Crippen LogP contribution in [0, 0.1) is 12.7 Å². The minimum Gasteiger partial charge on any atom is -0.452 e. The normalized spacial score (nSPS) is 11.1. The Morgan fingerprint density at radius 2 is 1.96 bits per heavy atom. The van der Waals surface area contributed by atoms with Crippen molar-refractivity contribution in [3.63, 3.8) is 0 Å². The highest BCUT2D eigenvalue weighted by Crippen LogP contribution is 2.33. The van der Waals surface area contributed by atoms with E-state index in [9.17, 15) is 18.8 Å². The maximum absolute atomic E-state index is 14.2. The molecule has 28 heavy (non-hydrogen) atoms. The first kappa shape index (κ1) is 21.4. The smallest absolute Gasteiger partial charge is 0.344 e.